The van der Waals surface area contributed by atoms with Crippen molar-refractivity contribution in [3.8, 4) is 0 Å². The van der Waals surface area contributed by atoms with Crippen LogP contribution in [0.15, 0.2) is 18.2 Å². The van der Waals surface area contributed by atoms with E-state index in [-0.39, 0.29) is 5.82 Å². The lowest BCUT2D eigenvalue weighted by Crippen LogP contribution is -2.46. The van der Waals surface area contributed by atoms with Crippen molar-refractivity contribution in [2.24, 2.45) is 0 Å². The Bertz CT molecular complexity index is 359. The van der Waals surface area contributed by atoms with E-state index in [1.54, 1.807) is 6.07 Å². The smallest absolute Gasteiger partial charge is 0.125 e. The molecule has 1 aliphatic heterocycles. The Morgan fingerprint density at radius 1 is 1.25 bits per heavy atom. The number of anilines is 2. The zero-order chi connectivity index (χ0) is 11.5. The number of piperazine rings is 1. The fourth-order valence-electron chi connectivity index (χ4n) is 2.10. The molecule has 1 aliphatic rings. The van der Waals surface area contributed by atoms with Crippen LogP contribution >= 0.6 is 0 Å². The first-order valence-corrected chi connectivity index (χ1v) is 5.73. The summed E-state index contributed by atoms with van der Waals surface area (Å²) in [4.78, 5) is 4.54. The van der Waals surface area contributed by atoms with E-state index >= 15 is 0 Å². The van der Waals surface area contributed by atoms with E-state index in [0.29, 0.717) is 5.69 Å². The Hall–Kier alpha value is -1.29. The van der Waals surface area contributed by atoms with Crippen LogP contribution in [0.2, 0.25) is 0 Å². The van der Waals surface area contributed by atoms with Crippen LogP contribution < -0.4 is 10.6 Å². The molecule has 3 nitrogen and oxygen atoms in total. The minimum absolute atomic E-state index is 0.220. The Balaban J connectivity index is 2.10. The molecule has 0 amide bonds. The lowest BCUT2D eigenvalue weighted by molar-refractivity contribution is 0.271. The van der Waals surface area contributed by atoms with Crippen molar-refractivity contribution >= 4 is 11.4 Å². The van der Waals surface area contributed by atoms with Gasteiger partial charge >= 0.3 is 0 Å². The molecule has 88 valence electrons. The lowest BCUT2D eigenvalue weighted by atomic mass is 10.2. The minimum atomic E-state index is -0.220. The van der Waals surface area contributed by atoms with Gasteiger partial charge in [0, 0.05) is 26.2 Å². The maximum atomic E-state index is 13.2. The standard InChI is InChI=1S/C12H18FN3/c1-2-15-5-7-16(8-6-15)12-9-10(13)3-4-11(12)14/h3-4,9H,2,5-8,14H2,1H3. The first-order valence-electron chi connectivity index (χ1n) is 5.73. The van der Waals surface area contributed by atoms with Gasteiger partial charge in [-0.15, -0.1) is 0 Å². The minimum Gasteiger partial charge on any atom is -0.397 e. The van der Waals surface area contributed by atoms with Gasteiger partial charge in [-0.1, -0.05) is 6.92 Å². The van der Waals surface area contributed by atoms with Gasteiger partial charge in [-0.3, -0.25) is 0 Å². The van der Waals surface area contributed by atoms with Crippen molar-refractivity contribution in [2.45, 2.75) is 6.92 Å². The maximum absolute atomic E-state index is 13.2. The molecule has 2 rings (SSSR count). The van der Waals surface area contributed by atoms with Crippen molar-refractivity contribution in [1.82, 2.24) is 4.90 Å². The molecule has 0 atom stereocenters. The third kappa shape index (κ3) is 2.27. The molecule has 0 aliphatic carbocycles. The molecule has 0 aromatic heterocycles. The number of benzene rings is 1. The molecule has 1 aromatic carbocycles. The first-order chi connectivity index (χ1) is 7.70. The molecule has 0 saturated carbocycles. The Morgan fingerprint density at radius 3 is 2.56 bits per heavy atom. The van der Waals surface area contributed by atoms with Crippen molar-refractivity contribution < 1.29 is 4.39 Å². The van der Waals surface area contributed by atoms with Gasteiger partial charge in [-0.05, 0) is 24.7 Å². The van der Waals surface area contributed by atoms with Crippen molar-refractivity contribution in [3.63, 3.8) is 0 Å². The Morgan fingerprint density at radius 2 is 1.94 bits per heavy atom. The van der Waals surface area contributed by atoms with Crippen molar-refractivity contribution in [1.29, 1.82) is 0 Å². The molecule has 2 N–H and O–H groups in total. The van der Waals surface area contributed by atoms with Crippen LogP contribution in [0.4, 0.5) is 15.8 Å². The van der Waals surface area contributed by atoms with Gasteiger partial charge in [0.2, 0.25) is 0 Å². The van der Waals surface area contributed by atoms with E-state index < -0.39 is 0 Å². The van der Waals surface area contributed by atoms with Gasteiger partial charge < -0.3 is 15.5 Å². The van der Waals surface area contributed by atoms with Gasteiger partial charge in [0.05, 0.1) is 11.4 Å². The summed E-state index contributed by atoms with van der Waals surface area (Å²) >= 11 is 0. The summed E-state index contributed by atoms with van der Waals surface area (Å²) < 4.78 is 13.2. The highest BCUT2D eigenvalue weighted by molar-refractivity contribution is 5.67. The zero-order valence-electron chi connectivity index (χ0n) is 9.62. The molecule has 4 heteroatoms. The number of halogens is 1. The van der Waals surface area contributed by atoms with Crippen LogP contribution in [0.3, 0.4) is 0 Å². The summed E-state index contributed by atoms with van der Waals surface area (Å²) in [6.45, 7) is 7.11. The highest BCUT2D eigenvalue weighted by atomic mass is 19.1. The van der Waals surface area contributed by atoms with Crippen LogP contribution in [0.5, 0.6) is 0 Å². The highest BCUT2D eigenvalue weighted by Gasteiger charge is 2.17. The largest absolute Gasteiger partial charge is 0.397 e. The van der Waals surface area contributed by atoms with E-state index in [2.05, 4.69) is 16.7 Å². The zero-order valence-corrected chi connectivity index (χ0v) is 9.62. The molecule has 0 unspecified atom stereocenters. The fraction of sp³-hybridized carbons (Fsp3) is 0.500. The number of hydrogen-bond acceptors (Lipinski definition) is 3. The number of rotatable bonds is 2. The molecule has 1 fully saturated rings. The number of likely N-dealkylation sites (N-methyl/N-ethyl adjacent to an activating group) is 1. The summed E-state index contributed by atoms with van der Waals surface area (Å²) in [7, 11) is 0. The maximum Gasteiger partial charge on any atom is 0.125 e. The van der Waals surface area contributed by atoms with Gasteiger partial charge in [-0.25, -0.2) is 4.39 Å². The topological polar surface area (TPSA) is 32.5 Å². The van der Waals surface area contributed by atoms with Crippen LogP contribution in [0.1, 0.15) is 6.92 Å². The van der Waals surface area contributed by atoms with E-state index in [9.17, 15) is 4.39 Å². The molecule has 1 heterocycles. The van der Waals surface area contributed by atoms with E-state index in [1.807, 2.05) is 0 Å². The second kappa shape index (κ2) is 4.70. The normalized spacial score (nSPS) is 17.8. The summed E-state index contributed by atoms with van der Waals surface area (Å²) in [6, 6.07) is 4.56. The van der Waals surface area contributed by atoms with Gasteiger partial charge in [0.25, 0.3) is 0 Å². The highest BCUT2D eigenvalue weighted by Crippen LogP contribution is 2.25. The molecule has 16 heavy (non-hydrogen) atoms. The molecule has 0 spiro atoms. The number of hydrogen-bond donors (Lipinski definition) is 1. The number of nitrogens with two attached hydrogens (primary N) is 1. The summed E-state index contributed by atoms with van der Waals surface area (Å²) in [5.41, 5.74) is 7.35. The van der Waals surface area contributed by atoms with Crippen LogP contribution in [0.25, 0.3) is 0 Å². The van der Waals surface area contributed by atoms with Gasteiger partial charge in [0.15, 0.2) is 0 Å². The van der Waals surface area contributed by atoms with E-state index in [4.69, 9.17) is 5.73 Å². The predicted octanol–water partition coefficient (Wildman–Crippen LogP) is 1.55. The molecular formula is C12H18FN3. The second-order valence-corrected chi connectivity index (χ2v) is 4.12. The molecule has 0 radical (unpaired) electrons. The summed E-state index contributed by atoms with van der Waals surface area (Å²) in [5.74, 6) is -0.220. The Labute approximate surface area is 95.6 Å². The molecular weight excluding hydrogens is 205 g/mol. The Kier molecular flexibility index (Phi) is 3.29. The SMILES string of the molecule is CCN1CCN(c2cc(F)ccc2N)CC1. The second-order valence-electron chi connectivity index (χ2n) is 4.12. The fourth-order valence-corrected chi connectivity index (χ4v) is 2.10. The third-order valence-corrected chi connectivity index (χ3v) is 3.15. The van der Waals surface area contributed by atoms with Crippen molar-refractivity contribution in [2.75, 3.05) is 43.4 Å². The molecule has 0 bridgehead atoms. The molecule has 1 saturated heterocycles. The first kappa shape index (κ1) is 11.2. The summed E-state index contributed by atoms with van der Waals surface area (Å²) in [6.07, 6.45) is 0. The van der Waals surface area contributed by atoms with Gasteiger partial charge in [-0.2, -0.15) is 0 Å². The lowest BCUT2D eigenvalue weighted by Gasteiger charge is -2.36. The monoisotopic (exact) mass is 223 g/mol. The summed E-state index contributed by atoms with van der Waals surface area (Å²) in [5, 5.41) is 0. The van der Waals surface area contributed by atoms with Gasteiger partial charge in [0.1, 0.15) is 5.82 Å². The predicted molar refractivity (Wildman–Crippen MR) is 65.1 cm³/mol. The van der Waals surface area contributed by atoms with E-state index in [0.717, 1.165) is 38.4 Å². The molecule has 1 aromatic rings. The third-order valence-electron chi connectivity index (χ3n) is 3.15. The average Bonchev–Trinajstić information content (AvgIpc) is 2.32. The van der Waals surface area contributed by atoms with Crippen LogP contribution in [-0.4, -0.2) is 37.6 Å². The van der Waals surface area contributed by atoms with Crippen LogP contribution in [0, 0.1) is 5.82 Å². The van der Waals surface area contributed by atoms with Crippen molar-refractivity contribution in [3.05, 3.63) is 24.0 Å². The number of nitrogen functional groups attached to an aromatic ring is 1. The average molecular weight is 223 g/mol. The number of nitrogens with zero attached hydrogens (tertiary/aromatic N) is 2. The van der Waals surface area contributed by atoms with E-state index in [1.165, 1.54) is 12.1 Å². The quantitative estimate of drug-likeness (QED) is 0.772. The van der Waals surface area contributed by atoms with Crippen LogP contribution in [-0.2, 0) is 0 Å².